The number of carbonyl (C=O) groups excluding carboxylic acids is 1. The van der Waals surface area contributed by atoms with Gasteiger partial charge in [0.05, 0.1) is 0 Å². The minimum atomic E-state index is -1.16. The molecule has 0 aromatic carbocycles. The van der Waals surface area contributed by atoms with Crippen LogP contribution < -0.4 is 0 Å². The van der Waals surface area contributed by atoms with Crippen molar-refractivity contribution in [2.24, 2.45) is 0 Å². The van der Waals surface area contributed by atoms with E-state index in [1.807, 2.05) is 0 Å². The lowest BCUT2D eigenvalue weighted by molar-refractivity contribution is -0.134. The average Bonchev–Trinajstić information content (AvgIpc) is 1.65. The van der Waals surface area contributed by atoms with Crippen molar-refractivity contribution < 1.29 is 13.5 Å². The van der Waals surface area contributed by atoms with Gasteiger partial charge in [-0.15, -0.1) is 0 Å². The highest BCUT2D eigenvalue weighted by molar-refractivity contribution is 6.13. The molecule has 0 aliphatic rings. The molecule has 0 amide bonds. The van der Waals surface area contributed by atoms with Crippen LogP contribution in [0.4, 0.5) is 4.39 Å². The van der Waals surface area contributed by atoms with Crippen LogP contribution in [-0.2, 0) is 9.08 Å². The molecule has 0 aliphatic carbocycles. The quantitative estimate of drug-likeness (QED) is 0.498. The SMILES string of the molecule is O=C(CF)OCl. The van der Waals surface area contributed by atoms with Crippen LogP contribution in [0.2, 0.25) is 0 Å². The van der Waals surface area contributed by atoms with Crippen molar-refractivity contribution in [2.75, 3.05) is 6.67 Å². The molecular weight excluding hydrogens is 110 g/mol. The maximum atomic E-state index is 10.8. The fraction of sp³-hybridized carbons (Fsp3) is 0.500. The lowest BCUT2D eigenvalue weighted by atomic mass is 10.8. The molecule has 0 aromatic heterocycles. The molecule has 0 aliphatic heterocycles. The first-order chi connectivity index (χ1) is 2.81. The normalized spacial score (nSPS) is 7.67. The molecular formula is C2H2ClFO2. The predicted molar refractivity (Wildman–Crippen MR) is 17.9 cm³/mol. The molecule has 6 heavy (non-hydrogen) atoms. The van der Waals surface area contributed by atoms with Crippen LogP contribution in [0.5, 0.6) is 0 Å². The Hall–Kier alpha value is -0.310. The highest BCUT2D eigenvalue weighted by atomic mass is 35.5. The molecule has 0 aromatic rings. The summed E-state index contributed by atoms with van der Waals surface area (Å²) in [4.78, 5) is 9.45. The van der Waals surface area contributed by atoms with Crippen molar-refractivity contribution in [3.8, 4) is 0 Å². The first-order valence-electron chi connectivity index (χ1n) is 1.18. The highest BCUT2D eigenvalue weighted by Gasteiger charge is 1.94. The minimum absolute atomic E-state index is 1.06. The van der Waals surface area contributed by atoms with Gasteiger partial charge < -0.3 is 4.29 Å². The Labute approximate surface area is 39.0 Å². The van der Waals surface area contributed by atoms with E-state index in [9.17, 15) is 9.18 Å². The summed E-state index contributed by atoms with van der Waals surface area (Å²) in [5.74, 6) is -1.06. The van der Waals surface area contributed by atoms with Crippen LogP contribution in [-0.4, -0.2) is 12.6 Å². The van der Waals surface area contributed by atoms with Crippen molar-refractivity contribution in [2.45, 2.75) is 0 Å². The molecule has 0 atom stereocenters. The van der Waals surface area contributed by atoms with Crippen molar-refractivity contribution in [1.82, 2.24) is 0 Å². The Morgan fingerprint density at radius 2 is 2.50 bits per heavy atom. The van der Waals surface area contributed by atoms with Crippen molar-refractivity contribution in [3.05, 3.63) is 0 Å². The molecule has 0 rings (SSSR count). The summed E-state index contributed by atoms with van der Waals surface area (Å²) in [7, 11) is 0. The van der Waals surface area contributed by atoms with Gasteiger partial charge >= 0.3 is 5.97 Å². The third kappa shape index (κ3) is 1.96. The van der Waals surface area contributed by atoms with Crippen LogP contribution >= 0.6 is 11.9 Å². The van der Waals surface area contributed by atoms with Gasteiger partial charge in [-0.3, -0.25) is 0 Å². The molecule has 0 unspecified atom stereocenters. The molecule has 0 fully saturated rings. The Bertz CT molecular complexity index is 49.5. The molecule has 36 valence electrons. The number of hydrogen-bond donors (Lipinski definition) is 0. The van der Waals surface area contributed by atoms with E-state index in [-0.39, 0.29) is 0 Å². The van der Waals surface area contributed by atoms with E-state index >= 15 is 0 Å². The van der Waals surface area contributed by atoms with Gasteiger partial charge in [-0.2, -0.15) is 0 Å². The summed E-state index contributed by atoms with van der Waals surface area (Å²) in [6.07, 6.45) is 0. The fourth-order valence-corrected chi connectivity index (χ4v) is 0.0619. The number of alkyl halides is 1. The van der Waals surface area contributed by atoms with Gasteiger partial charge in [0.2, 0.25) is 0 Å². The lowest BCUT2D eigenvalue weighted by Crippen LogP contribution is -1.96. The highest BCUT2D eigenvalue weighted by Crippen LogP contribution is 1.80. The topological polar surface area (TPSA) is 26.3 Å². The fourth-order valence-electron chi connectivity index (χ4n) is 0.0206. The zero-order valence-corrected chi connectivity index (χ0v) is 3.54. The van der Waals surface area contributed by atoms with E-state index in [1.165, 1.54) is 0 Å². The van der Waals surface area contributed by atoms with Gasteiger partial charge in [0.15, 0.2) is 6.67 Å². The third-order valence-corrected chi connectivity index (χ3v) is 0.367. The van der Waals surface area contributed by atoms with E-state index in [4.69, 9.17) is 0 Å². The van der Waals surface area contributed by atoms with Gasteiger partial charge in [0.25, 0.3) is 0 Å². The van der Waals surface area contributed by atoms with Crippen LogP contribution in [0.25, 0.3) is 0 Å². The standard InChI is InChI=1S/C2H2ClFO2/c3-6-2(5)1-4/h1H2. The predicted octanol–water partition coefficient (Wildman–Crippen LogP) is 0.653. The molecule has 0 spiro atoms. The van der Waals surface area contributed by atoms with Gasteiger partial charge in [-0.1, -0.05) is 0 Å². The average molecular weight is 112 g/mol. The molecule has 0 radical (unpaired) electrons. The maximum Gasteiger partial charge on any atom is 0.355 e. The smallest absolute Gasteiger partial charge is 0.345 e. The van der Waals surface area contributed by atoms with Crippen molar-refractivity contribution in [3.63, 3.8) is 0 Å². The summed E-state index contributed by atoms with van der Waals surface area (Å²) in [6.45, 7) is -1.16. The lowest BCUT2D eigenvalue weighted by Gasteiger charge is -1.79. The second-order valence-corrected chi connectivity index (χ2v) is 0.737. The Morgan fingerprint density at radius 3 is 2.50 bits per heavy atom. The first-order valence-corrected chi connectivity index (χ1v) is 1.49. The third-order valence-electron chi connectivity index (χ3n) is 0.195. The zero-order valence-electron chi connectivity index (χ0n) is 2.78. The Kier molecular flexibility index (Phi) is 2.75. The van der Waals surface area contributed by atoms with E-state index in [2.05, 4.69) is 16.2 Å². The number of halogens is 2. The maximum absolute atomic E-state index is 10.8. The second kappa shape index (κ2) is 2.90. The van der Waals surface area contributed by atoms with Crippen LogP contribution in [0.3, 0.4) is 0 Å². The van der Waals surface area contributed by atoms with E-state index < -0.39 is 12.6 Å². The number of hydrogen-bond acceptors (Lipinski definition) is 2. The number of carbonyl (C=O) groups is 1. The van der Waals surface area contributed by atoms with Crippen LogP contribution in [0.1, 0.15) is 0 Å². The summed E-state index contributed by atoms with van der Waals surface area (Å²) in [5.41, 5.74) is 0. The van der Waals surface area contributed by atoms with E-state index in [0.717, 1.165) is 0 Å². The summed E-state index contributed by atoms with van der Waals surface area (Å²) in [6, 6.07) is 0. The molecule has 4 heteroatoms. The zero-order chi connectivity index (χ0) is 4.99. The Morgan fingerprint density at radius 1 is 2.00 bits per heavy atom. The number of rotatable bonds is 1. The largest absolute Gasteiger partial charge is 0.355 e. The Balaban J connectivity index is 2.99. The summed E-state index contributed by atoms with van der Waals surface area (Å²) >= 11 is 4.36. The van der Waals surface area contributed by atoms with Gasteiger partial charge in [0, 0.05) is 0 Å². The molecule has 2 nitrogen and oxygen atoms in total. The van der Waals surface area contributed by atoms with Crippen molar-refractivity contribution in [1.29, 1.82) is 0 Å². The monoisotopic (exact) mass is 112 g/mol. The van der Waals surface area contributed by atoms with Crippen LogP contribution in [0, 0.1) is 0 Å². The molecule has 0 saturated heterocycles. The van der Waals surface area contributed by atoms with E-state index in [1.54, 1.807) is 0 Å². The van der Waals surface area contributed by atoms with Gasteiger partial charge in [0.1, 0.15) is 11.9 Å². The first kappa shape index (κ1) is 5.69. The molecule has 0 N–H and O–H groups in total. The minimum Gasteiger partial charge on any atom is -0.345 e. The molecule has 0 bridgehead atoms. The second-order valence-electron chi connectivity index (χ2n) is 0.583. The van der Waals surface area contributed by atoms with Crippen LogP contribution in [0.15, 0.2) is 0 Å². The van der Waals surface area contributed by atoms with Gasteiger partial charge in [-0.25, -0.2) is 9.18 Å². The van der Waals surface area contributed by atoms with Crippen molar-refractivity contribution >= 4 is 17.8 Å². The molecule has 0 heterocycles. The van der Waals surface area contributed by atoms with E-state index in [0.29, 0.717) is 0 Å². The molecule has 0 saturated carbocycles. The van der Waals surface area contributed by atoms with Gasteiger partial charge in [-0.05, 0) is 0 Å². The summed E-state index contributed by atoms with van der Waals surface area (Å²) < 4.78 is 14.2. The summed E-state index contributed by atoms with van der Waals surface area (Å²) in [5, 5.41) is 0.